The number of para-hydroxylation sites is 1. The largest absolute Gasteiger partial charge is 0.361 e. The van der Waals surface area contributed by atoms with Crippen LogP contribution in [0.3, 0.4) is 0 Å². The Hall–Kier alpha value is -1.82. The molecule has 1 aromatic heterocycles. The van der Waals surface area contributed by atoms with Crippen LogP contribution < -0.4 is 10.6 Å². The predicted octanol–water partition coefficient (Wildman–Crippen LogP) is 3.26. The van der Waals surface area contributed by atoms with Crippen molar-refractivity contribution >= 4 is 27.7 Å². The van der Waals surface area contributed by atoms with E-state index in [0.29, 0.717) is 11.3 Å². The lowest BCUT2D eigenvalue weighted by Crippen LogP contribution is -2.47. The van der Waals surface area contributed by atoms with Crippen molar-refractivity contribution in [3.05, 3.63) is 35.5 Å². The van der Waals surface area contributed by atoms with E-state index in [-0.39, 0.29) is 0 Å². The molecule has 6 heteroatoms. The summed E-state index contributed by atoms with van der Waals surface area (Å²) in [5.41, 5.74) is 3.83. The monoisotopic (exact) mass is 388 g/mol. The molecule has 5 nitrogen and oxygen atoms in total. The minimum atomic E-state index is -0.696. The van der Waals surface area contributed by atoms with E-state index in [0.717, 1.165) is 50.4 Å². The molecule has 0 saturated heterocycles. The lowest BCUT2D eigenvalue weighted by atomic mass is 9.95. The van der Waals surface area contributed by atoms with Crippen molar-refractivity contribution in [3.8, 4) is 0 Å². The topological polar surface area (TPSA) is 69.3 Å². The molecule has 1 heterocycles. The minimum absolute atomic E-state index is 0.328. The molecular formula is C21H32N4OS. The highest BCUT2D eigenvalue weighted by molar-refractivity contribution is 7.85. The molecule has 0 bridgehead atoms. The van der Waals surface area contributed by atoms with E-state index in [1.807, 2.05) is 14.0 Å². The Labute approximate surface area is 164 Å². The van der Waals surface area contributed by atoms with Crippen molar-refractivity contribution < 1.29 is 4.21 Å². The van der Waals surface area contributed by atoms with Gasteiger partial charge in [-0.15, -0.1) is 0 Å². The standard InChI is InChI=1S/C21H32N4OS/c1-4-27(26)18-9-6-8-17(13-18)25-21(22-3)23-12-11-16-14-24-20-15(2)7-5-10-19(16)20/h5,7,10,14,17-18,24H,4,6,8-9,11-13H2,1-3H3,(H2,22,23,25). The number of hydrogen-bond donors (Lipinski definition) is 3. The SMILES string of the molecule is CCS(=O)C1CCCC(NC(=NC)NCCc2c[nH]c3c(C)cccc23)C1. The molecule has 0 spiro atoms. The van der Waals surface area contributed by atoms with Gasteiger partial charge in [-0.3, -0.25) is 9.20 Å². The molecule has 3 rings (SSSR count). The third kappa shape index (κ3) is 4.92. The molecule has 148 valence electrons. The number of aryl methyl sites for hydroxylation is 1. The molecule has 1 aromatic carbocycles. The average Bonchev–Trinajstić information content (AvgIpc) is 3.11. The maximum absolute atomic E-state index is 12.1. The molecule has 3 atom stereocenters. The first-order chi connectivity index (χ1) is 13.1. The summed E-state index contributed by atoms with van der Waals surface area (Å²) in [5, 5.41) is 8.61. The van der Waals surface area contributed by atoms with Crippen molar-refractivity contribution in [1.29, 1.82) is 0 Å². The summed E-state index contributed by atoms with van der Waals surface area (Å²) in [5.74, 6) is 1.60. The Morgan fingerprint density at radius 1 is 1.37 bits per heavy atom. The number of aromatic amines is 1. The summed E-state index contributed by atoms with van der Waals surface area (Å²) >= 11 is 0. The van der Waals surface area contributed by atoms with Crippen LogP contribution in [0.1, 0.15) is 43.7 Å². The van der Waals surface area contributed by atoms with Crippen molar-refractivity contribution in [2.24, 2.45) is 4.99 Å². The van der Waals surface area contributed by atoms with Gasteiger partial charge in [0.2, 0.25) is 0 Å². The van der Waals surface area contributed by atoms with E-state index in [1.165, 1.54) is 22.0 Å². The number of nitrogens with one attached hydrogen (secondary N) is 3. The van der Waals surface area contributed by atoms with Gasteiger partial charge in [-0.2, -0.15) is 0 Å². The van der Waals surface area contributed by atoms with Gasteiger partial charge >= 0.3 is 0 Å². The molecule has 1 fully saturated rings. The number of H-pyrrole nitrogens is 1. The third-order valence-electron chi connectivity index (χ3n) is 5.54. The molecule has 0 aliphatic heterocycles. The van der Waals surface area contributed by atoms with Gasteiger partial charge in [0.05, 0.1) is 0 Å². The Balaban J connectivity index is 1.52. The molecule has 1 aliphatic carbocycles. The van der Waals surface area contributed by atoms with Crippen LogP contribution in [0.2, 0.25) is 0 Å². The Bertz CT molecular complexity index is 814. The molecule has 3 N–H and O–H groups in total. The van der Waals surface area contributed by atoms with Crippen molar-refractivity contribution in [3.63, 3.8) is 0 Å². The second kappa shape index (κ2) is 9.40. The van der Waals surface area contributed by atoms with Crippen LogP contribution in [-0.2, 0) is 17.2 Å². The number of nitrogens with zero attached hydrogens (tertiary/aromatic N) is 1. The van der Waals surface area contributed by atoms with Gasteiger partial charge in [-0.05, 0) is 43.7 Å². The fourth-order valence-corrected chi connectivity index (χ4v) is 5.37. The zero-order valence-electron chi connectivity index (χ0n) is 16.7. The highest BCUT2D eigenvalue weighted by Gasteiger charge is 2.26. The lowest BCUT2D eigenvalue weighted by molar-refractivity contribution is 0.413. The Kier molecular flexibility index (Phi) is 6.94. The van der Waals surface area contributed by atoms with E-state index in [9.17, 15) is 4.21 Å². The van der Waals surface area contributed by atoms with Crippen LogP contribution in [0.25, 0.3) is 10.9 Å². The highest BCUT2D eigenvalue weighted by atomic mass is 32.2. The Morgan fingerprint density at radius 3 is 3.00 bits per heavy atom. The Morgan fingerprint density at radius 2 is 2.22 bits per heavy atom. The number of hydrogen-bond acceptors (Lipinski definition) is 2. The summed E-state index contributed by atoms with van der Waals surface area (Å²) < 4.78 is 12.1. The van der Waals surface area contributed by atoms with E-state index in [4.69, 9.17) is 0 Å². The zero-order chi connectivity index (χ0) is 19.2. The maximum atomic E-state index is 12.1. The van der Waals surface area contributed by atoms with Crippen molar-refractivity contribution in [2.45, 2.75) is 57.2 Å². The summed E-state index contributed by atoms with van der Waals surface area (Å²) in [6, 6.07) is 6.79. The summed E-state index contributed by atoms with van der Waals surface area (Å²) in [4.78, 5) is 7.77. The smallest absolute Gasteiger partial charge is 0.191 e. The van der Waals surface area contributed by atoms with Crippen LogP contribution in [0.4, 0.5) is 0 Å². The minimum Gasteiger partial charge on any atom is -0.361 e. The van der Waals surface area contributed by atoms with Gasteiger partial charge in [0, 0.05) is 58.5 Å². The predicted molar refractivity (Wildman–Crippen MR) is 116 cm³/mol. The first kappa shape index (κ1) is 19.9. The fourth-order valence-electron chi connectivity index (χ4n) is 4.02. The zero-order valence-corrected chi connectivity index (χ0v) is 17.5. The fraction of sp³-hybridized carbons (Fsp3) is 0.571. The van der Waals surface area contributed by atoms with E-state index >= 15 is 0 Å². The maximum Gasteiger partial charge on any atom is 0.191 e. The second-order valence-electron chi connectivity index (χ2n) is 7.36. The van der Waals surface area contributed by atoms with E-state index in [2.05, 4.69) is 51.9 Å². The molecular weight excluding hydrogens is 356 g/mol. The lowest BCUT2D eigenvalue weighted by Gasteiger charge is -2.30. The first-order valence-electron chi connectivity index (χ1n) is 10.0. The number of benzene rings is 1. The van der Waals surface area contributed by atoms with Gasteiger partial charge in [-0.1, -0.05) is 31.5 Å². The van der Waals surface area contributed by atoms with Gasteiger partial charge < -0.3 is 15.6 Å². The summed E-state index contributed by atoms with van der Waals surface area (Å²) in [7, 11) is 1.12. The van der Waals surface area contributed by atoms with E-state index < -0.39 is 10.8 Å². The van der Waals surface area contributed by atoms with Crippen LogP contribution in [-0.4, -0.2) is 45.8 Å². The average molecular weight is 389 g/mol. The van der Waals surface area contributed by atoms with Crippen LogP contribution in [0.15, 0.2) is 29.4 Å². The van der Waals surface area contributed by atoms with Gasteiger partial charge in [0.15, 0.2) is 5.96 Å². The second-order valence-corrected chi connectivity index (χ2v) is 9.37. The van der Waals surface area contributed by atoms with Gasteiger partial charge in [-0.25, -0.2) is 0 Å². The molecule has 0 radical (unpaired) electrons. The molecule has 1 aliphatic rings. The highest BCUT2D eigenvalue weighted by Crippen LogP contribution is 2.23. The van der Waals surface area contributed by atoms with Crippen LogP contribution >= 0.6 is 0 Å². The molecule has 27 heavy (non-hydrogen) atoms. The van der Waals surface area contributed by atoms with Gasteiger partial charge in [0.25, 0.3) is 0 Å². The van der Waals surface area contributed by atoms with Crippen LogP contribution in [0, 0.1) is 6.92 Å². The number of aliphatic imine (C=N–C) groups is 1. The summed E-state index contributed by atoms with van der Waals surface area (Å²) in [6.07, 6.45) is 7.38. The molecule has 3 unspecified atom stereocenters. The van der Waals surface area contributed by atoms with Crippen molar-refractivity contribution in [1.82, 2.24) is 15.6 Å². The number of fused-ring (bicyclic) bond motifs is 1. The van der Waals surface area contributed by atoms with E-state index in [1.54, 1.807) is 0 Å². The summed E-state index contributed by atoms with van der Waals surface area (Å²) in [6.45, 7) is 4.98. The normalized spacial score (nSPS) is 22.0. The number of guanidine groups is 1. The first-order valence-corrected chi connectivity index (χ1v) is 11.4. The molecule has 1 saturated carbocycles. The third-order valence-corrected chi connectivity index (χ3v) is 7.28. The van der Waals surface area contributed by atoms with Crippen LogP contribution in [0.5, 0.6) is 0 Å². The number of rotatable bonds is 6. The quantitative estimate of drug-likeness (QED) is 0.525. The van der Waals surface area contributed by atoms with Gasteiger partial charge in [0.1, 0.15) is 0 Å². The molecule has 2 aromatic rings. The molecule has 0 amide bonds. The number of aromatic nitrogens is 1. The van der Waals surface area contributed by atoms with Crippen molar-refractivity contribution in [2.75, 3.05) is 19.3 Å².